The minimum Gasteiger partial charge on any atom is -0.349 e. The van der Waals surface area contributed by atoms with E-state index in [9.17, 15) is 9.59 Å². The van der Waals surface area contributed by atoms with Crippen LogP contribution in [-0.4, -0.2) is 18.2 Å². The van der Waals surface area contributed by atoms with Crippen molar-refractivity contribution in [3.63, 3.8) is 0 Å². The van der Waals surface area contributed by atoms with Gasteiger partial charge >= 0.3 is 0 Å². The van der Waals surface area contributed by atoms with Gasteiger partial charge in [0, 0.05) is 12.8 Å². The Morgan fingerprint density at radius 2 is 1.50 bits per heavy atom. The molecule has 0 aromatic carbocycles. The number of carbonyl (C=O) groups excluding carboxylic acids is 2. The zero-order valence-corrected chi connectivity index (χ0v) is 10.3. The van der Waals surface area contributed by atoms with Gasteiger partial charge in [0.15, 0.2) is 5.78 Å². The summed E-state index contributed by atoms with van der Waals surface area (Å²) in [5, 5.41) is 2.61. The molecule has 1 fully saturated rings. The minimum absolute atomic E-state index is 0.114. The summed E-state index contributed by atoms with van der Waals surface area (Å²) in [7, 11) is 0. The predicted octanol–water partition coefficient (Wildman–Crippen LogP) is 2.44. The quantitative estimate of drug-likeness (QED) is 0.802. The van der Waals surface area contributed by atoms with Gasteiger partial charge in [0.05, 0.1) is 6.54 Å². The van der Waals surface area contributed by atoms with Gasteiger partial charge in [0.1, 0.15) is 0 Å². The zero-order chi connectivity index (χ0) is 11.8. The summed E-state index contributed by atoms with van der Waals surface area (Å²) in [6.07, 6.45) is 9.48. The standard InChI is InChI=1S/C13H23NO2/c1-11(15)14-10-13(16)12-8-6-4-2-3-5-7-9-12/h12H,2-10H2,1H3,(H,14,15). The van der Waals surface area contributed by atoms with Gasteiger partial charge in [-0.1, -0.05) is 38.5 Å². The Labute approximate surface area is 98.0 Å². The molecule has 92 valence electrons. The summed E-state index contributed by atoms with van der Waals surface area (Å²) in [5.41, 5.74) is 0. The number of amides is 1. The van der Waals surface area contributed by atoms with E-state index in [2.05, 4.69) is 5.32 Å². The number of hydrogen-bond acceptors (Lipinski definition) is 2. The molecule has 3 nitrogen and oxygen atoms in total. The Morgan fingerprint density at radius 1 is 1.00 bits per heavy atom. The van der Waals surface area contributed by atoms with Crippen LogP contribution in [0.15, 0.2) is 0 Å². The zero-order valence-electron chi connectivity index (χ0n) is 10.3. The fourth-order valence-electron chi connectivity index (χ4n) is 2.31. The van der Waals surface area contributed by atoms with Gasteiger partial charge in [-0.25, -0.2) is 0 Å². The molecule has 1 saturated carbocycles. The van der Waals surface area contributed by atoms with E-state index in [0.29, 0.717) is 0 Å². The van der Waals surface area contributed by atoms with Gasteiger partial charge in [-0.2, -0.15) is 0 Å². The summed E-state index contributed by atoms with van der Waals surface area (Å²) in [5.74, 6) is 0.290. The number of nitrogens with one attached hydrogen (secondary N) is 1. The molecule has 1 aliphatic rings. The van der Waals surface area contributed by atoms with Crippen molar-refractivity contribution in [3.8, 4) is 0 Å². The smallest absolute Gasteiger partial charge is 0.217 e. The molecule has 1 amide bonds. The molecule has 1 aliphatic carbocycles. The maximum Gasteiger partial charge on any atom is 0.217 e. The third kappa shape index (κ3) is 5.29. The molecule has 0 radical (unpaired) electrons. The maximum absolute atomic E-state index is 11.9. The van der Waals surface area contributed by atoms with E-state index in [0.717, 1.165) is 25.7 Å². The molecule has 0 unspecified atom stereocenters. The lowest BCUT2D eigenvalue weighted by Gasteiger charge is -2.14. The molecule has 3 heteroatoms. The van der Waals surface area contributed by atoms with Crippen molar-refractivity contribution in [2.45, 2.75) is 58.3 Å². The van der Waals surface area contributed by atoms with E-state index in [-0.39, 0.29) is 24.2 Å². The molecule has 0 spiro atoms. The average molecular weight is 225 g/mol. The molecule has 0 bridgehead atoms. The van der Waals surface area contributed by atoms with Gasteiger partial charge in [-0.05, 0) is 12.8 Å². The molecule has 0 aromatic heterocycles. The average Bonchev–Trinajstić information content (AvgIpc) is 2.38. The van der Waals surface area contributed by atoms with Crippen molar-refractivity contribution in [2.24, 2.45) is 5.92 Å². The fraction of sp³-hybridized carbons (Fsp3) is 0.846. The summed E-state index contributed by atoms with van der Waals surface area (Å²) < 4.78 is 0. The molecule has 0 aromatic rings. The molecule has 1 N–H and O–H groups in total. The van der Waals surface area contributed by atoms with Crippen LogP contribution < -0.4 is 5.32 Å². The first kappa shape index (κ1) is 13.2. The van der Waals surface area contributed by atoms with Crippen LogP contribution in [0.25, 0.3) is 0 Å². The van der Waals surface area contributed by atoms with Crippen LogP contribution in [-0.2, 0) is 9.59 Å². The van der Waals surface area contributed by atoms with Crippen molar-refractivity contribution < 1.29 is 9.59 Å². The van der Waals surface area contributed by atoms with E-state index in [1.165, 1.54) is 32.6 Å². The number of hydrogen-bond donors (Lipinski definition) is 1. The van der Waals surface area contributed by atoms with Gasteiger partial charge < -0.3 is 5.32 Å². The van der Waals surface area contributed by atoms with Gasteiger partial charge in [-0.15, -0.1) is 0 Å². The molecule has 1 rings (SSSR count). The Balaban J connectivity index is 2.35. The van der Waals surface area contributed by atoms with Crippen molar-refractivity contribution in [3.05, 3.63) is 0 Å². The second kappa shape index (κ2) is 7.42. The number of ketones is 1. The van der Waals surface area contributed by atoms with Crippen LogP contribution in [0.5, 0.6) is 0 Å². The third-order valence-electron chi connectivity index (χ3n) is 3.32. The molecular weight excluding hydrogens is 202 g/mol. The van der Waals surface area contributed by atoms with Crippen molar-refractivity contribution >= 4 is 11.7 Å². The Hall–Kier alpha value is -0.860. The van der Waals surface area contributed by atoms with E-state index >= 15 is 0 Å². The second-order valence-corrected chi connectivity index (χ2v) is 4.77. The van der Waals surface area contributed by atoms with Crippen molar-refractivity contribution in [2.75, 3.05) is 6.54 Å². The summed E-state index contributed by atoms with van der Waals surface area (Å²) >= 11 is 0. The lowest BCUT2D eigenvalue weighted by molar-refractivity contribution is -0.126. The van der Waals surface area contributed by atoms with Crippen molar-refractivity contribution in [1.29, 1.82) is 0 Å². The number of rotatable bonds is 3. The largest absolute Gasteiger partial charge is 0.349 e. The van der Waals surface area contributed by atoms with Gasteiger partial charge in [0.2, 0.25) is 5.91 Å². The Morgan fingerprint density at radius 3 is 2.00 bits per heavy atom. The first-order valence-corrected chi connectivity index (χ1v) is 6.47. The molecule has 16 heavy (non-hydrogen) atoms. The third-order valence-corrected chi connectivity index (χ3v) is 3.32. The maximum atomic E-state index is 11.9. The Kier molecular flexibility index (Phi) is 6.12. The highest BCUT2D eigenvalue weighted by Gasteiger charge is 2.18. The molecule has 0 saturated heterocycles. The van der Waals surface area contributed by atoms with Gasteiger partial charge in [0.25, 0.3) is 0 Å². The minimum atomic E-state index is -0.114. The fourth-order valence-corrected chi connectivity index (χ4v) is 2.31. The highest BCUT2D eigenvalue weighted by Crippen LogP contribution is 2.22. The lowest BCUT2D eigenvalue weighted by atomic mass is 9.92. The number of Topliss-reactive ketones (excluding diaryl/α,β-unsaturated/α-hetero) is 1. The lowest BCUT2D eigenvalue weighted by Crippen LogP contribution is -2.31. The predicted molar refractivity (Wildman–Crippen MR) is 64.1 cm³/mol. The van der Waals surface area contributed by atoms with Crippen LogP contribution in [0, 0.1) is 5.92 Å². The summed E-state index contributed by atoms with van der Waals surface area (Å²) in [4.78, 5) is 22.6. The van der Waals surface area contributed by atoms with E-state index < -0.39 is 0 Å². The second-order valence-electron chi connectivity index (χ2n) is 4.77. The first-order valence-electron chi connectivity index (χ1n) is 6.47. The highest BCUT2D eigenvalue weighted by atomic mass is 16.2. The monoisotopic (exact) mass is 225 g/mol. The molecular formula is C13H23NO2. The summed E-state index contributed by atoms with van der Waals surface area (Å²) in [6, 6.07) is 0. The Bertz CT molecular complexity index is 228. The number of carbonyl (C=O) groups is 2. The van der Waals surface area contributed by atoms with Crippen LogP contribution in [0.3, 0.4) is 0 Å². The molecule has 0 heterocycles. The van der Waals surface area contributed by atoms with Crippen LogP contribution in [0.4, 0.5) is 0 Å². The normalized spacial score (nSPS) is 19.3. The van der Waals surface area contributed by atoms with Crippen LogP contribution in [0.2, 0.25) is 0 Å². The van der Waals surface area contributed by atoms with E-state index in [4.69, 9.17) is 0 Å². The molecule has 0 aliphatic heterocycles. The topological polar surface area (TPSA) is 46.2 Å². The highest BCUT2D eigenvalue weighted by molar-refractivity contribution is 5.86. The van der Waals surface area contributed by atoms with Gasteiger partial charge in [-0.3, -0.25) is 9.59 Å². The summed E-state index contributed by atoms with van der Waals surface area (Å²) in [6.45, 7) is 1.68. The van der Waals surface area contributed by atoms with Crippen LogP contribution >= 0.6 is 0 Å². The van der Waals surface area contributed by atoms with E-state index in [1.54, 1.807) is 0 Å². The SMILES string of the molecule is CC(=O)NCC(=O)C1CCCCCCCC1. The first-order chi connectivity index (χ1) is 7.70. The molecule has 0 atom stereocenters. The van der Waals surface area contributed by atoms with Crippen LogP contribution in [0.1, 0.15) is 58.3 Å². The van der Waals surface area contributed by atoms with E-state index in [1.807, 2.05) is 0 Å². The van der Waals surface area contributed by atoms with Crippen molar-refractivity contribution in [1.82, 2.24) is 5.32 Å².